The Bertz CT molecular complexity index is 698. The van der Waals surface area contributed by atoms with Gasteiger partial charge in [-0.3, -0.25) is 9.48 Å². The lowest BCUT2D eigenvalue weighted by Gasteiger charge is -1.99. The number of benzene rings is 1. The summed E-state index contributed by atoms with van der Waals surface area (Å²) < 4.78 is 2.74. The summed E-state index contributed by atoms with van der Waals surface area (Å²) in [6.45, 7) is 0.438. The third-order valence-corrected chi connectivity index (χ3v) is 3.74. The van der Waals surface area contributed by atoms with Crippen molar-refractivity contribution < 1.29 is 4.79 Å². The second-order valence-electron chi connectivity index (χ2n) is 4.16. The van der Waals surface area contributed by atoms with E-state index in [0.717, 1.165) is 15.2 Å². The molecule has 0 aliphatic rings. The van der Waals surface area contributed by atoms with Gasteiger partial charge in [0.05, 0.1) is 28.5 Å². The number of hydrogen-bond acceptors (Lipinski definition) is 4. The Morgan fingerprint density at radius 2 is 2.26 bits per heavy atom. The molecule has 0 saturated heterocycles. The van der Waals surface area contributed by atoms with Crippen LogP contribution in [0.3, 0.4) is 0 Å². The highest BCUT2D eigenvalue weighted by atomic mass is 32.1. The van der Waals surface area contributed by atoms with Gasteiger partial charge in [-0.05, 0) is 12.1 Å². The van der Waals surface area contributed by atoms with E-state index in [2.05, 4.69) is 15.4 Å². The fraction of sp³-hybridized carbons (Fsp3) is 0.154. The molecule has 3 rings (SSSR count). The van der Waals surface area contributed by atoms with Crippen LogP contribution in [0, 0.1) is 0 Å². The van der Waals surface area contributed by atoms with Crippen LogP contribution in [0.25, 0.3) is 10.2 Å². The predicted molar refractivity (Wildman–Crippen MR) is 74.0 cm³/mol. The molecule has 1 aromatic carbocycles. The molecule has 0 aliphatic carbocycles. The van der Waals surface area contributed by atoms with Gasteiger partial charge in [-0.2, -0.15) is 5.10 Å². The largest absolute Gasteiger partial charge is 0.345 e. The molecule has 0 radical (unpaired) electrons. The Morgan fingerprint density at radius 3 is 3.00 bits per heavy atom. The van der Waals surface area contributed by atoms with Gasteiger partial charge in [0.2, 0.25) is 0 Å². The van der Waals surface area contributed by atoms with Gasteiger partial charge in [0.1, 0.15) is 5.01 Å². The average Bonchev–Trinajstić information content (AvgIpc) is 3.01. The molecule has 3 aromatic rings. The standard InChI is InChI=1S/C13H12N4OS/c1-17-8-9(6-15-17)13(18)14-7-12-16-10-4-2-3-5-11(10)19-12/h2-6,8H,7H2,1H3,(H,14,18). The zero-order valence-electron chi connectivity index (χ0n) is 10.3. The second-order valence-corrected chi connectivity index (χ2v) is 5.28. The molecule has 6 heteroatoms. The molecule has 0 atom stereocenters. The predicted octanol–water partition coefficient (Wildman–Crippen LogP) is 1.96. The van der Waals surface area contributed by atoms with Crippen molar-refractivity contribution in [2.75, 3.05) is 0 Å². The number of para-hydroxylation sites is 1. The van der Waals surface area contributed by atoms with E-state index in [1.165, 1.54) is 0 Å². The molecule has 0 bridgehead atoms. The first-order chi connectivity index (χ1) is 9.22. The summed E-state index contributed by atoms with van der Waals surface area (Å²) in [6.07, 6.45) is 3.24. The maximum absolute atomic E-state index is 11.9. The molecule has 0 fully saturated rings. The summed E-state index contributed by atoms with van der Waals surface area (Å²) in [7, 11) is 1.78. The third kappa shape index (κ3) is 2.48. The van der Waals surface area contributed by atoms with Crippen LogP contribution in [0.5, 0.6) is 0 Å². The number of aryl methyl sites for hydroxylation is 1. The van der Waals surface area contributed by atoms with Gasteiger partial charge in [-0.25, -0.2) is 4.98 Å². The van der Waals surface area contributed by atoms with Gasteiger partial charge >= 0.3 is 0 Å². The molecule has 0 spiro atoms. The van der Waals surface area contributed by atoms with E-state index in [1.54, 1.807) is 35.5 Å². The number of thiazole rings is 1. The molecule has 0 saturated carbocycles. The maximum Gasteiger partial charge on any atom is 0.254 e. The Kier molecular flexibility index (Phi) is 3.00. The van der Waals surface area contributed by atoms with Crippen LogP contribution in [0.15, 0.2) is 36.7 Å². The van der Waals surface area contributed by atoms with Crippen molar-refractivity contribution in [3.63, 3.8) is 0 Å². The second kappa shape index (κ2) is 4.81. The van der Waals surface area contributed by atoms with Crippen LogP contribution in [0.1, 0.15) is 15.4 Å². The van der Waals surface area contributed by atoms with E-state index in [-0.39, 0.29) is 5.91 Å². The number of fused-ring (bicyclic) bond motifs is 1. The maximum atomic E-state index is 11.9. The zero-order valence-corrected chi connectivity index (χ0v) is 11.1. The number of amides is 1. The highest BCUT2D eigenvalue weighted by molar-refractivity contribution is 7.18. The van der Waals surface area contributed by atoms with Crippen LogP contribution < -0.4 is 5.32 Å². The molecule has 2 aromatic heterocycles. The number of nitrogens with one attached hydrogen (secondary N) is 1. The minimum absolute atomic E-state index is 0.132. The molecular formula is C13H12N4OS. The van der Waals surface area contributed by atoms with Crippen LogP contribution in [0.2, 0.25) is 0 Å². The minimum atomic E-state index is -0.132. The van der Waals surface area contributed by atoms with Crippen LogP contribution in [-0.2, 0) is 13.6 Å². The van der Waals surface area contributed by atoms with Gasteiger partial charge in [-0.1, -0.05) is 12.1 Å². The fourth-order valence-electron chi connectivity index (χ4n) is 1.79. The molecule has 19 heavy (non-hydrogen) atoms. The van der Waals surface area contributed by atoms with E-state index in [0.29, 0.717) is 12.1 Å². The summed E-state index contributed by atoms with van der Waals surface area (Å²) in [5, 5.41) is 7.72. The molecular weight excluding hydrogens is 260 g/mol. The third-order valence-electron chi connectivity index (χ3n) is 2.71. The fourth-order valence-corrected chi connectivity index (χ4v) is 2.70. The lowest BCUT2D eigenvalue weighted by molar-refractivity contribution is 0.0951. The van der Waals surface area contributed by atoms with Crippen LogP contribution >= 0.6 is 11.3 Å². The number of carbonyl (C=O) groups is 1. The highest BCUT2D eigenvalue weighted by Crippen LogP contribution is 2.21. The first kappa shape index (κ1) is 11.9. The van der Waals surface area contributed by atoms with Gasteiger partial charge < -0.3 is 5.32 Å². The molecule has 96 valence electrons. The summed E-state index contributed by atoms with van der Waals surface area (Å²) in [5.41, 5.74) is 1.53. The normalized spacial score (nSPS) is 10.8. The summed E-state index contributed by atoms with van der Waals surface area (Å²) in [4.78, 5) is 16.3. The first-order valence-corrected chi connectivity index (χ1v) is 6.65. The van der Waals surface area contributed by atoms with Crippen LogP contribution in [-0.4, -0.2) is 20.7 Å². The number of rotatable bonds is 3. The van der Waals surface area contributed by atoms with E-state index in [9.17, 15) is 4.79 Å². The summed E-state index contributed by atoms with van der Waals surface area (Å²) in [5.74, 6) is -0.132. The SMILES string of the molecule is Cn1cc(C(=O)NCc2nc3ccccc3s2)cn1. The van der Waals surface area contributed by atoms with Crippen molar-refractivity contribution in [1.82, 2.24) is 20.1 Å². The number of nitrogens with zero attached hydrogens (tertiary/aromatic N) is 3. The first-order valence-electron chi connectivity index (χ1n) is 5.84. The topological polar surface area (TPSA) is 59.8 Å². The zero-order chi connectivity index (χ0) is 13.2. The molecule has 1 N–H and O–H groups in total. The lowest BCUT2D eigenvalue weighted by Crippen LogP contribution is -2.22. The molecule has 2 heterocycles. The summed E-state index contributed by atoms with van der Waals surface area (Å²) >= 11 is 1.59. The number of carbonyl (C=O) groups excluding carboxylic acids is 1. The van der Waals surface area contributed by atoms with Gasteiger partial charge in [0.25, 0.3) is 5.91 Å². The van der Waals surface area contributed by atoms with E-state index < -0.39 is 0 Å². The smallest absolute Gasteiger partial charge is 0.254 e. The molecule has 0 unspecified atom stereocenters. The van der Waals surface area contributed by atoms with Crippen molar-refractivity contribution in [2.24, 2.45) is 7.05 Å². The van der Waals surface area contributed by atoms with Gasteiger partial charge in [0.15, 0.2) is 0 Å². The van der Waals surface area contributed by atoms with Gasteiger partial charge in [-0.15, -0.1) is 11.3 Å². The Balaban J connectivity index is 1.70. The minimum Gasteiger partial charge on any atom is -0.345 e. The van der Waals surface area contributed by atoms with E-state index >= 15 is 0 Å². The Hall–Kier alpha value is -2.21. The van der Waals surface area contributed by atoms with Crippen molar-refractivity contribution in [1.29, 1.82) is 0 Å². The van der Waals surface area contributed by atoms with Crippen molar-refractivity contribution in [3.05, 3.63) is 47.2 Å². The van der Waals surface area contributed by atoms with Crippen molar-refractivity contribution >= 4 is 27.5 Å². The Morgan fingerprint density at radius 1 is 1.42 bits per heavy atom. The van der Waals surface area contributed by atoms with Crippen molar-refractivity contribution in [2.45, 2.75) is 6.54 Å². The van der Waals surface area contributed by atoms with Gasteiger partial charge in [0, 0.05) is 13.2 Å². The highest BCUT2D eigenvalue weighted by Gasteiger charge is 2.09. The molecule has 5 nitrogen and oxygen atoms in total. The lowest BCUT2D eigenvalue weighted by atomic mass is 10.3. The van der Waals surface area contributed by atoms with E-state index in [4.69, 9.17) is 0 Å². The number of aromatic nitrogens is 3. The van der Waals surface area contributed by atoms with Crippen molar-refractivity contribution in [3.8, 4) is 0 Å². The molecule has 1 amide bonds. The quantitative estimate of drug-likeness (QED) is 0.793. The monoisotopic (exact) mass is 272 g/mol. The Labute approximate surface area is 113 Å². The van der Waals surface area contributed by atoms with Crippen LogP contribution in [0.4, 0.5) is 0 Å². The average molecular weight is 272 g/mol. The molecule has 0 aliphatic heterocycles. The summed E-state index contributed by atoms with van der Waals surface area (Å²) in [6, 6.07) is 7.94. The van der Waals surface area contributed by atoms with E-state index in [1.807, 2.05) is 24.3 Å². The number of hydrogen-bond donors (Lipinski definition) is 1.